The van der Waals surface area contributed by atoms with E-state index in [0.29, 0.717) is 0 Å². The number of phosphoric acid groups is 1. The Balaban J connectivity index is 1.73. The van der Waals surface area contributed by atoms with Gasteiger partial charge < -0.3 is 28.0 Å². The Kier molecular flexibility index (Phi) is 10.4. The van der Waals surface area contributed by atoms with Crippen LogP contribution in [0.25, 0.3) is 12.2 Å². The predicted octanol–water partition coefficient (Wildman–Crippen LogP) is 7.19. The molecule has 0 amide bonds. The Bertz CT molecular complexity index is 1570. The second-order valence-corrected chi connectivity index (χ2v) is 11.7. The van der Waals surface area contributed by atoms with Crippen LogP contribution < -0.4 is 28.0 Å². The van der Waals surface area contributed by atoms with E-state index in [1.165, 1.54) is 87.5 Å². The summed E-state index contributed by atoms with van der Waals surface area (Å²) in [6, 6.07) is 12.7. The van der Waals surface area contributed by atoms with Crippen LogP contribution in [0.2, 0.25) is 0 Å². The quantitative estimate of drug-likeness (QED) is 0.0857. The summed E-state index contributed by atoms with van der Waals surface area (Å²) in [7, 11) is 0.308. The summed E-state index contributed by atoms with van der Waals surface area (Å²) in [4.78, 5) is 39.1. The van der Waals surface area contributed by atoms with Crippen molar-refractivity contribution in [3.05, 3.63) is 92.3 Å². The van der Waals surface area contributed by atoms with Crippen LogP contribution in [0.5, 0.6) is 34.5 Å². The molecule has 0 aliphatic carbocycles. The maximum Gasteiger partial charge on any atom is 0.584 e. The zero-order valence-electron chi connectivity index (χ0n) is 23.5. The third-order valence-corrected chi connectivity index (χ3v) is 8.32. The molecule has 2 heterocycles. The number of ketones is 2. The van der Waals surface area contributed by atoms with Crippen molar-refractivity contribution in [1.82, 2.24) is 0 Å². The number of phosphoric ester groups is 1. The molecule has 43 heavy (non-hydrogen) atoms. The molecule has 0 saturated carbocycles. The molecule has 224 valence electrons. The molecule has 0 spiro atoms. The van der Waals surface area contributed by atoms with Crippen molar-refractivity contribution in [2.45, 2.75) is 0 Å². The number of rotatable bonds is 14. The number of carbonyl (C=O) groups excluding carboxylic acids is 2. The van der Waals surface area contributed by atoms with E-state index in [-0.39, 0.29) is 45.6 Å². The van der Waals surface area contributed by atoms with Crippen molar-refractivity contribution in [1.29, 1.82) is 0 Å². The molecule has 0 saturated heterocycles. The Morgan fingerprint density at radius 3 is 1.40 bits per heavy atom. The Labute approximate surface area is 256 Å². The van der Waals surface area contributed by atoms with Gasteiger partial charge >= 0.3 is 7.82 Å². The molecule has 2 aromatic heterocycles. The average molecular weight is 643 g/mol. The molecule has 0 aliphatic rings. The van der Waals surface area contributed by atoms with Gasteiger partial charge in [-0.3, -0.25) is 14.5 Å². The molecular formula is C30H27O10PS2. The van der Waals surface area contributed by atoms with Crippen molar-refractivity contribution in [3.8, 4) is 34.5 Å². The van der Waals surface area contributed by atoms with Crippen LogP contribution in [0.1, 0.15) is 30.5 Å². The summed E-state index contributed by atoms with van der Waals surface area (Å²) in [6.07, 6.45) is 5.77. The lowest BCUT2D eigenvalue weighted by Crippen LogP contribution is -2.09. The number of ether oxygens (including phenoxy) is 4. The van der Waals surface area contributed by atoms with Crippen molar-refractivity contribution in [2.75, 3.05) is 28.4 Å². The first-order valence-corrected chi connectivity index (χ1v) is 15.7. The van der Waals surface area contributed by atoms with Crippen LogP contribution in [0, 0.1) is 0 Å². The van der Waals surface area contributed by atoms with Crippen molar-refractivity contribution in [3.63, 3.8) is 0 Å². The summed E-state index contributed by atoms with van der Waals surface area (Å²) in [6.45, 7) is 0. The van der Waals surface area contributed by atoms with Crippen LogP contribution in [0.15, 0.2) is 71.4 Å². The van der Waals surface area contributed by atoms with Gasteiger partial charge in [0, 0.05) is 34.0 Å². The summed E-state index contributed by atoms with van der Waals surface area (Å²) in [5.41, 5.74) is -0.292. The van der Waals surface area contributed by atoms with Gasteiger partial charge in [-0.15, -0.1) is 22.7 Å². The van der Waals surface area contributed by atoms with Crippen molar-refractivity contribution < 1.29 is 47.0 Å². The standard InChI is InChI=1S/C30H27O10PS2/c1-35-19-15-25(37-3)29(23(31)11-9-21-7-5-13-42-21)27(17-19)39-41(33,34)40-28-18-20(36-2)16-26(38-4)30(28)24(32)12-10-22-8-6-14-43-22/h5-18H,1-4H3,(H,33,34). The Morgan fingerprint density at radius 2 is 1.07 bits per heavy atom. The molecule has 0 fully saturated rings. The van der Waals surface area contributed by atoms with Crippen molar-refractivity contribution >= 4 is 54.2 Å². The first kappa shape index (κ1) is 31.6. The molecule has 4 rings (SSSR count). The van der Waals surface area contributed by atoms with E-state index in [2.05, 4.69) is 0 Å². The van der Waals surface area contributed by atoms with Crippen LogP contribution in [0.4, 0.5) is 0 Å². The van der Waals surface area contributed by atoms with Gasteiger partial charge in [0.2, 0.25) is 0 Å². The van der Waals surface area contributed by atoms with Gasteiger partial charge in [-0.1, -0.05) is 12.1 Å². The number of thiophene rings is 2. The second-order valence-electron chi connectivity index (χ2n) is 8.48. The van der Waals surface area contributed by atoms with E-state index in [1.54, 1.807) is 12.2 Å². The normalized spacial score (nSPS) is 12.6. The molecule has 0 atom stereocenters. The highest BCUT2D eigenvalue weighted by molar-refractivity contribution is 7.48. The highest BCUT2D eigenvalue weighted by atomic mass is 32.1. The van der Waals surface area contributed by atoms with E-state index < -0.39 is 19.4 Å². The number of hydrogen-bond acceptors (Lipinski definition) is 11. The Hall–Kier alpha value is -4.35. The average Bonchev–Trinajstić information content (AvgIpc) is 3.72. The number of allylic oxidation sites excluding steroid dienone is 2. The lowest BCUT2D eigenvalue weighted by molar-refractivity contribution is 0.103. The molecule has 2 aromatic carbocycles. The summed E-state index contributed by atoms with van der Waals surface area (Å²) in [5, 5.41) is 3.72. The van der Waals surface area contributed by atoms with Gasteiger partial charge in [-0.25, -0.2) is 4.57 Å². The fourth-order valence-corrected chi connectivity index (χ4v) is 5.90. The molecule has 4 aromatic rings. The zero-order valence-corrected chi connectivity index (χ0v) is 26.0. The lowest BCUT2D eigenvalue weighted by atomic mass is 10.1. The van der Waals surface area contributed by atoms with Gasteiger partial charge in [0.05, 0.1) is 28.4 Å². The van der Waals surface area contributed by atoms with Crippen LogP contribution in [-0.2, 0) is 4.57 Å². The van der Waals surface area contributed by atoms with Gasteiger partial charge in [-0.2, -0.15) is 0 Å². The van der Waals surface area contributed by atoms with Gasteiger partial charge in [-0.05, 0) is 47.2 Å². The number of benzene rings is 2. The van der Waals surface area contributed by atoms with Crippen molar-refractivity contribution in [2.24, 2.45) is 0 Å². The highest BCUT2D eigenvalue weighted by Crippen LogP contribution is 2.50. The smallest absolute Gasteiger partial charge is 0.496 e. The third-order valence-electron chi connectivity index (χ3n) is 5.79. The lowest BCUT2D eigenvalue weighted by Gasteiger charge is -2.20. The summed E-state index contributed by atoms with van der Waals surface area (Å²) in [5.74, 6) is -1.39. The van der Waals surface area contributed by atoms with Gasteiger partial charge in [0.15, 0.2) is 23.1 Å². The molecule has 0 unspecified atom stereocenters. The molecule has 0 radical (unpaired) electrons. The number of carbonyl (C=O) groups is 2. The molecular weight excluding hydrogens is 615 g/mol. The minimum absolute atomic E-state index is 0.0350. The SMILES string of the molecule is COc1cc(OC)c(C(=O)C=Cc2cccs2)c(OP(=O)(O)Oc2cc(OC)cc(OC)c2C(=O)C=Cc2cccs2)c1. The fraction of sp³-hybridized carbons (Fsp3) is 0.133. The minimum atomic E-state index is -5.10. The topological polar surface area (TPSA) is 127 Å². The monoisotopic (exact) mass is 642 g/mol. The number of methoxy groups -OCH3 is 4. The van der Waals surface area contributed by atoms with E-state index in [9.17, 15) is 19.0 Å². The number of hydrogen-bond donors (Lipinski definition) is 1. The minimum Gasteiger partial charge on any atom is -0.496 e. The molecule has 0 aliphatic heterocycles. The third kappa shape index (κ3) is 7.94. The summed E-state index contributed by atoms with van der Waals surface area (Å²) >= 11 is 2.85. The van der Waals surface area contributed by atoms with Gasteiger partial charge in [0.25, 0.3) is 0 Å². The largest absolute Gasteiger partial charge is 0.584 e. The first-order chi connectivity index (χ1) is 20.7. The van der Waals surface area contributed by atoms with Crippen LogP contribution in [-0.4, -0.2) is 44.9 Å². The molecule has 1 N–H and O–H groups in total. The fourth-order valence-electron chi connectivity index (χ4n) is 3.84. The maximum atomic E-state index is 13.5. The van der Waals surface area contributed by atoms with Crippen LogP contribution in [0.3, 0.4) is 0 Å². The zero-order chi connectivity index (χ0) is 31.0. The summed E-state index contributed by atoms with van der Waals surface area (Å²) < 4.78 is 45.7. The maximum absolute atomic E-state index is 13.5. The molecule has 0 bridgehead atoms. The van der Waals surface area contributed by atoms with E-state index >= 15 is 0 Å². The van der Waals surface area contributed by atoms with Gasteiger partial charge in [0.1, 0.15) is 34.1 Å². The predicted molar refractivity (Wildman–Crippen MR) is 166 cm³/mol. The van der Waals surface area contributed by atoms with E-state index in [1.807, 2.05) is 35.0 Å². The Morgan fingerprint density at radius 1 is 0.674 bits per heavy atom. The molecule has 13 heteroatoms. The van der Waals surface area contributed by atoms with E-state index in [4.69, 9.17) is 28.0 Å². The second kappa shape index (κ2) is 14.2. The highest BCUT2D eigenvalue weighted by Gasteiger charge is 2.33. The first-order valence-electron chi connectivity index (χ1n) is 12.4. The van der Waals surface area contributed by atoms with E-state index in [0.717, 1.165) is 9.75 Å². The van der Waals surface area contributed by atoms with Crippen LogP contribution >= 0.6 is 30.5 Å². The molecule has 10 nitrogen and oxygen atoms in total.